The Labute approximate surface area is 256 Å². The monoisotopic (exact) mass is 597 g/mol. The lowest BCUT2D eigenvalue weighted by Crippen LogP contribution is -2.39. The Kier molecular flexibility index (Phi) is 9.96. The summed E-state index contributed by atoms with van der Waals surface area (Å²) in [6, 6.07) is 25.9. The Bertz CT molecular complexity index is 1620. The van der Waals surface area contributed by atoms with Crippen LogP contribution in [0.2, 0.25) is 5.15 Å². The van der Waals surface area contributed by atoms with Gasteiger partial charge in [-0.05, 0) is 54.4 Å². The summed E-state index contributed by atoms with van der Waals surface area (Å²) in [5.74, 6) is 1.14. The van der Waals surface area contributed by atoms with Crippen molar-refractivity contribution in [2.24, 2.45) is 0 Å². The first-order valence-electron chi connectivity index (χ1n) is 14.5. The molecule has 43 heavy (non-hydrogen) atoms. The minimum atomic E-state index is -0.417. The number of halogens is 1. The molecule has 0 fully saturated rings. The number of ether oxygens (including phenoxy) is 1. The topological polar surface area (TPSA) is 102 Å². The molecule has 5 rings (SSSR count). The molecule has 0 aliphatic heterocycles. The molecule has 0 saturated heterocycles. The Morgan fingerprint density at radius 1 is 0.977 bits per heavy atom. The number of rotatable bonds is 13. The first-order chi connectivity index (χ1) is 20.9. The summed E-state index contributed by atoms with van der Waals surface area (Å²) in [5, 5.41) is 14.9. The lowest BCUT2D eigenvalue weighted by molar-refractivity contribution is -0.150. The quantitative estimate of drug-likeness (QED) is 0.166. The van der Waals surface area contributed by atoms with Crippen molar-refractivity contribution in [3.05, 3.63) is 107 Å². The largest absolute Gasteiger partial charge is 0.458 e. The maximum absolute atomic E-state index is 13.3. The van der Waals surface area contributed by atoms with Gasteiger partial charge in [-0.1, -0.05) is 104 Å². The number of imidazole rings is 1. The number of H-pyrrole nitrogens is 1. The van der Waals surface area contributed by atoms with Gasteiger partial charge in [0.2, 0.25) is 5.82 Å². The fourth-order valence-corrected chi connectivity index (χ4v) is 5.34. The zero-order valence-electron chi connectivity index (χ0n) is 24.7. The smallest absolute Gasteiger partial charge is 0.324 e. The second kappa shape index (κ2) is 14.2. The number of aromatic amines is 1. The van der Waals surface area contributed by atoms with Gasteiger partial charge in [0, 0.05) is 18.5 Å². The highest BCUT2D eigenvalue weighted by Gasteiger charge is 2.25. The van der Waals surface area contributed by atoms with E-state index in [0.29, 0.717) is 29.6 Å². The minimum absolute atomic E-state index is 0.0477. The van der Waals surface area contributed by atoms with Gasteiger partial charge in [-0.15, -0.1) is 10.2 Å². The van der Waals surface area contributed by atoms with E-state index in [1.165, 1.54) is 0 Å². The summed E-state index contributed by atoms with van der Waals surface area (Å²) >= 11 is 6.67. The molecule has 0 saturated carbocycles. The number of hydrogen-bond donors (Lipinski definition) is 1. The van der Waals surface area contributed by atoms with Crippen LogP contribution >= 0.6 is 11.6 Å². The van der Waals surface area contributed by atoms with Crippen LogP contribution in [0.4, 0.5) is 0 Å². The highest BCUT2D eigenvalue weighted by atomic mass is 35.5. The van der Waals surface area contributed by atoms with E-state index in [0.717, 1.165) is 52.9 Å². The first kappa shape index (κ1) is 30.1. The third kappa shape index (κ3) is 7.36. The molecule has 1 N–H and O–H groups in total. The minimum Gasteiger partial charge on any atom is -0.458 e. The number of likely N-dealkylation sites (N-methyl/N-ethyl adjacent to an activating group) is 1. The van der Waals surface area contributed by atoms with Crippen molar-refractivity contribution in [3.63, 3.8) is 0 Å². The molecule has 0 bridgehead atoms. The van der Waals surface area contributed by atoms with E-state index in [4.69, 9.17) is 16.3 Å². The Morgan fingerprint density at radius 3 is 2.37 bits per heavy atom. The third-order valence-corrected chi connectivity index (χ3v) is 7.80. The number of benzene rings is 3. The molecule has 0 aliphatic rings. The van der Waals surface area contributed by atoms with Gasteiger partial charge in [0.05, 0.1) is 5.69 Å². The van der Waals surface area contributed by atoms with Crippen molar-refractivity contribution in [3.8, 4) is 22.5 Å². The van der Waals surface area contributed by atoms with Gasteiger partial charge >= 0.3 is 5.97 Å². The molecule has 9 nitrogen and oxygen atoms in total. The molecule has 2 heterocycles. The molecule has 222 valence electrons. The van der Waals surface area contributed by atoms with Crippen molar-refractivity contribution < 1.29 is 9.53 Å². The number of aryl methyl sites for hydroxylation is 1. The fraction of sp³-hybridized carbons (Fsp3) is 0.303. The van der Waals surface area contributed by atoms with Crippen LogP contribution in [0.15, 0.2) is 78.9 Å². The lowest BCUT2D eigenvalue weighted by Gasteiger charge is -2.23. The molecule has 5 aromatic rings. The van der Waals surface area contributed by atoms with Gasteiger partial charge in [-0.3, -0.25) is 9.69 Å². The predicted octanol–water partition coefficient (Wildman–Crippen LogP) is 5.99. The van der Waals surface area contributed by atoms with Crippen LogP contribution in [0.1, 0.15) is 42.4 Å². The number of carbonyl (C=O) groups excluding carboxylic acids is 1. The first-order valence-corrected chi connectivity index (χ1v) is 14.8. The molecule has 1 atom stereocenters. The van der Waals surface area contributed by atoms with E-state index in [-0.39, 0.29) is 12.6 Å². The maximum Gasteiger partial charge on any atom is 0.324 e. The molecule has 10 heteroatoms. The number of nitrogens with zero attached hydrogens (tertiary/aromatic N) is 6. The number of tetrazole rings is 1. The molecule has 1 unspecified atom stereocenters. The second-order valence-corrected chi connectivity index (χ2v) is 11.1. The van der Waals surface area contributed by atoms with Gasteiger partial charge in [-0.25, -0.2) is 4.98 Å². The van der Waals surface area contributed by atoms with Gasteiger partial charge in [0.15, 0.2) is 5.15 Å². The zero-order chi connectivity index (χ0) is 30.2. The van der Waals surface area contributed by atoms with Crippen LogP contribution in [0.25, 0.3) is 22.5 Å². The van der Waals surface area contributed by atoms with Crippen molar-refractivity contribution in [1.29, 1.82) is 0 Å². The molecule has 3 aromatic carbocycles. The van der Waals surface area contributed by atoms with Crippen LogP contribution in [0, 0.1) is 0 Å². The predicted molar refractivity (Wildman–Crippen MR) is 167 cm³/mol. The second-order valence-electron chi connectivity index (χ2n) is 10.7. The number of unbranched alkanes of at least 4 members (excludes halogenated alkanes) is 1. The van der Waals surface area contributed by atoms with Crippen molar-refractivity contribution in [2.45, 2.75) is 51.8 Å². The van der Waals surface area contributed by atoms with Crippen molar-refractivity contribution >= 4 is 17.6 Å². The van der Waals surface area contributed by atoms with E-state index >= 15 is 0 Å². The van der Waals surface area contributed by atoms with Crippen molar-refractivity contribution in [1.82, 2.24) is 35.1 Å². The maximum atomic E-state index is 13.3. The fourth-order valence-electron chi connectivity index (χ4n) is 5.08. The van der Waals surface area contributed by atoms with Crippen LogP contribution in [0.5, 0.6) is 0 Å². The molecular formula is C33H36ClN7O2. The molecule has 2 aromatic heterocycles. The van der Waals surface area contributed by atoms with Gasteiger partial charge in [0.1, 0.15) is 18.5 Å². The van der Waals surface area contributed by atoms with Crippen LogP contribution in [-0.2, 0) is 35.5 Å². The molecule has 0 radical (unpaired) electrons. The van der Waals surface area contributed by atoms with Gasteiger partial charge in [0.25, 0.3) is 0 Å². The number of nitrogens with one attached hydrogen (secondary N) is 1. The standard InChI is InChI=1S/C33H36ClN7O2/c1-4-5-15-30-35-31(34)29(22-43-33(42)28(40(2)3)20-23-11-7-6-8-12-23)41(30)21-24-16-18-25(19-17-24)26-13-9-10-14-27(26)32-36-38-39-37-32/h6-14,16-19,28H,4-5,15,20-22H2,1-3H3,(H,36,37,38,39). The van der Waals surface area contributed by atoms with E-state index in [2.05, 4.69) is 61.4 Å². The van der Waals surface area contributed by atoms with Crippen molar-refractivity contribution in [2.75, 3.05) is 14.1 Å². The average Bonchev–Trinajstić information content (AvgIpc) is 3.66. The van der Waals surface area contributed by atoms with Gasteiger partial charge < -0.3 is 9.30 Å². The molecular weight excluding hydrogens is 562 g/mol. The molecule has 0 spiro atoms. The number of carbonyl (C=O) groups is 1. The number of hydrogen-bond acceptors (Lipinski definition) is 7. The number of esters is 1. The van der Waals surface area contributed by atoms with E-state index < -0.39 is 6.04 Å². The van der Waals surface area contributed by atoms with E-state index in [1.54, 1.807) is 0 Å². The van der Waals surface area contributed by atoms with Crippen LogP contribution in [0.3, 0.4) is 0 Å². The zero-order valence-corrected chi connectivity index (χ0v) is 25.5. The Hall–Kier alpha value is -4.34. The summed E-state index contributed by atoms with van der Waals surface area (Å²) in [6.45, 7) is 2.75. The van der Waals surface area contributed by atoms with E-state index in [1.807, 2.05) is 73.6 Å². The van der Waals surface area contributed by atoms with E-state index in [9.17, 15) is 4.79 Å². The Morgan fingerprint density at radius 2 is 1.70 bits per heavy atom. The average molecular weight is 598 g/mol. The summed E-state index contributed by atoms with van der Waals surface area (Å²) in [6.07, 6.45) is 3.36. The summed E-state index contributed by atoms with van der Waals surface area (Å²) in [4.78, 5) is 19.8. The highest BCUT2D eigenvalue weighted by molar-refractivity contribution is 6.30. The Balaban J connectivity index is 1.36. The summed E-state index contributed by atoms with van der Waals surface area (Å²) in [5.41, 5.74) is 5.82. The van der Waals surface area contributed by atoms with Crippen LogP contribution < -0.4 is 0 Å². The summed E-state index contributed by atoms with van der Waals surface area (Å²) in [7, 11) is 3.78. The lowest BCUT2D eigenvalue weighted by atomic mass is 9.98. The number of aromatic nitrogens is 6. The molecule has 0 amide bonds. The highest BCUT2D eigenvalue weighted by Crippen LogP contribution is 2.30. The summed E-state index contributed by atoms with van der Waals surface area (Å²) < 4.78 is 7.97. The van der Waals surface area contributed by atoms with Crippen LogP contribution in [-0.4, -0.2) is 61.2 Å². The third-order valence-electron chi connectivity index (χ3n) is 7.49. The SMILES string of the molecule is CCCCc1nc(Cl)c(COC(=O)C(Cc2ccccc2)N(C)C)n1Cc1ccc(-c2ccccc2-c2nn[nH]n2)cc1. The molecule has 0 aliphatic carbocycles. The van der Waals surface area contributed by atoms with Gasteiger partial charge in [-0.2, -0.15) is 5.21 Å². The normalized spacial score (nSPS) is 12.0.